The summed E-state index contributed by atoms with van der Waals surface area (Å²) in [5.74, 6) is -0.0170. The summed E-state index contributed by atoms with van der Waals surface area (Å²) >= 11 is 6.35. The summed E-state index contributed by atoms with van der Waals surface area (Å²) in [7, 11) is 0. The smallest absolute Gasteiger partial charge is 0.274 e. The summed E-state index contributed by atoms with van der Waals surface area (Å²) in [5, 5.41) is 8.11. The van der Waals surface area contributed by atoms with E-state index in [0.29, 0.717) is 25.4 Å². The number of hydrogen-bond donors (Lipinski definition) is 1. The van der Waals surface area contributed by atoms with Gasteiger partial charge in [-0.1, -0.05) is 29.8 Å². The molecule has 0 bridgehead atoms. The molecule has 1 atom stereocenters. The molecule has 7 heteroatoms. The Bertz CT molecular complexity index is 1130. The molecule has 3 heterocycles. The van der Waals surface area contributed by atoms with Crippen LogP contribution >= 0.6 is 11.6 Å². The molecule has 31 heavy (non-hydrogen) atoms. The van der Waals surface area contributed by atoms with E-state index in [1.165, 1.54) is 0 Å². The molecule has 0 saturated carbocycles. The fourth-order valence-corrected chi connectivity index (χ4v) is 4.76. The first kappa shape index (κ1) is 20.2. The molecule has 6 nitrogen and oxygen atoms in total. The summed E-state index contributed by atoms with van der Waals surface area (Å²) in [5.41, 5.74) is 6.76. The van der Waals surface area contributed by atoms with Gasteiger partial charge in [0.25, 0.3) is 5.91 Å². The summed E-state index contributed by atoms with van der Waals surface area (Å²) in [6.45, 7) is 3.51. The van der Waals surface area contributed by atoms with E-state index in [1.54, 1.807) is 0 Å². The number of carbonyl (C=O) groups is 1. The van der Waals surface area contributed by atoms with Crippen LogP contribution < -0.4 is 0 Å². The number of nitrogens with one attached hydrogen (secondary N) is 1. The van der Waals surface area contributed by atoms with Crippen LogP contribution in [0.3, 0.4) is 0 Å². The first-order chi connectivity index (χ1) is 15.1. The van der Waals surface area contributed by atoms with Gasteiger partial charge in [0, 0.05) is 28.5 Å². The van der Waals surface area contributed by atoms with Gasteiger partial charge in [0.1, 0.15) is 6.10 Å². The molecule has 1 aromatic carbocycles. The highest BCUT2D eigenvalue weighted by atomic mass is 35.5. The number of rotatable bonds is 4. The highest BCUT2D eigenvalue weighted by Gasteiger charge is 2.31. The molecule has 2 aliphatic rings. The molecule has 1 aliphatic carbocycles. The van der Waals surface area contributed by atoms with Crippen molar-refractivity contribution in [3.63, 3.8) is 0 Å². The second kappa shape index (κ2) is 8.44. The van der Waals surface area contributed by atoms with Crippen molar-refractivity contribution in [1.29, 1.82) is 0 Å². The zero-order chi connectivity index (χ0) is 21.4. The van der Waals surface area contributed by atoms with E-state index in [-0.39, 0.29) is 12.0 Å². The number of morpholine rings is 1. The second-order valence-corrected chi connectivity index (χ2v) is 8.71. The van der Waals surface area contributed by atoms with Gasteiger partial charge in [0.2, 0.25) is 0 Å². The lowest BCUT2D eigenvalue weighted by molar-refractivity contribution is -0.0250. The number of aryl methyl sites for hydroxylation is 2. The van der Waals surface area contributed by atoms with Crippen LogP contribution in [0.5, 0.6) is 0 Å². The Balaban J connectivity index is 1.35. The van der Waals surface area contributed by atoms with E-state index >= 15 is 0 Å². The number of ether oxygens (including phenoxy) is 1. The molecule has 3 aromatic rings. The SMILES string of the molecule is Cc1cc(Cc2ccccc2Cl)cc([C@@H]2CN(C(=O)c3n[nH]c4c3CCC4)CCO2)n1. The largest absolute Gasteiger partial charge is 0.368 e. The molecule has 0 unspecified atom stereocenters. The van der Waals surface area contributed by atoms with Crippen LogP contribution in [-0.4, -0.2) is 45.7 Å². The number of amides is 1. The summed E-state index contributed by atoms with van der Waals surface area (Å²) in [4.78, 5) is 19.7. The molecular weight excluding hydrogens is 412 g/mol. The predicted molar refractivity (Wildman–Crippen MR) is 118 cm³/mol. The Hall–Kier alpha value is -2.70. The van der Waals surface area contributed by atoms with Gasteiger partial charge in [-0.05, 0) is 61.9 Å². The zero-order valence-corrected chi connectivity index (χ0v) is 18.3. The average molecular weight is 437 g/mol. The van der Waals surface area contributed by atoms with Crippen LogP contribution in [-0.2, 0) is 24.0 Å². The fraction of sp³-hybridized carbons (Fsp3) is 0.375. The molecule has 5 rings (SSSR count). The molecule has 0 spiro atoms. The third kappa shape index (κ3) is 4.10. The maximum Gasteiger partial charge on any atom is 0.274 e. The number of aromatic amines is 1. The van der Waals surface area contributed by atoms with Crippen LogP contribution in [0, 0.1) is 6.92 Å². The maximum absolute atomic E-state index is 13.2. The van der Waals surface area contributed by atoms with Crippen molar-refractivity contribution in [2.45, 2.75) is 38.7 Å². The van der Waals surface area contributed by atoms with Crippen LogP contribution in [0.2, 0.25) is 5.02 Å². The zero-order valence-electron chi connectivity index (χ0n) is 17.5. The van der Waals surface area contributed by atoms with Crippen LogP contribution in [0.15, 0.2) is 36.4 Å². The van der Waals surface area contributed by atoms with Gasteiger partial charge in [0.05, 0.1) is 18.8 Å². The number of nitrogens with zero attached hydrogens (tertiary/aromatic N) is 3. The molecule has 1 amide bonds. The van der Waals surface area contributed by atoms with Crippen LogP contribution in [0.25, 0.3) is 0 Å². The van der Waals surface area contributed by atoms with Crippen molar-refractivity contribution in [3.8, 4) is 0 Å². The minimum Gasteiger partial charge on any atom is -0.368 e. The summed E-state index contributed by atoms with van der Waals surface area (Å²) in [6.07, 6.45) is 3.45. The number of halogens is 1. The second-order valence-electron chi connectivity index (χ2n) is 8.30. The first-order valence-electron chi connectivity index (χ1n) is 10.8. The Morgan fingerprint density at radius 2 is 2.16 bits per heavy atom. The van der Waals surface area contributed by atoms with Crippen LogP contribution in [0.4, 0.5) is 0 Å². The highest BCUT2D eigenvalue weighted by molar-refractivity contribution is 6.31. The molecule has 2 aromatic heterocycles. The van der Waals surface area contributed by atoms with E-state index in [0.717, 1.165) is 64.5 Å². The monoisotopic (exact) mass is 436 g/mol. The van der Waals surface area contributed by atoms with Crippen molar-refractivity contribution in [2.75, 3.05) is 19.7 Å². The third-order valence-corrected chi connectivity index (χ3v) is 6.45. The Morgan fingerprint density at radius 1 is 1.29 bits per heavy atom. The van der Waals surface area contributed by atoms with E-state index in [9.17, 15) is 4.79 Å². The number of carbonyl (C=O) groups excluding carboxylic acids is 1. The van der Waals surface area contributed by atoms with Crippen molar-refractivity contribution < 1.29 is 9.53 Å². The van der Waals surface area contributed by atoms with Gasteiger partial charge in [-0.15, -0.1) is 0 Å². The number of benzene rings is 1. The number of aromatic nitrogens is 3. The molecule has 160 valence electrons. The lowest BCUT2D eigenvalue weighted by atomic mass is 10.0. The first-order valence-corrected chi connectivity index (χ1v) is 11.1. The topological polar surface area (TPSA) is 71.1 Å². The normalized spacial score (nSPS) is 18.3. The average Bonchev–Trinajstić information content (AvgIpc) is 3.39. The number of pyridine rings is 1. The van der Waals surface area contributed by atoms with Crippen molar-refractivity contribution in [2.24, 2.45) is 0 Å². The molecule has 0 radical (unpaired) electrons. The van der Waals surface area contributed by atoms with Gasteiger partial charge in [-0.2, -0.15) is 5.10 Å². The molecular formula is C24H25ClN4O2. The highest BCUT2D eigenvalue weighted by Crippen LogP contribution is 2.28. The van der Waals surface area contributed by atoms with Gasteiger partial charge >= 0.3 is 0 Å². The summed E-state index contributed by atoms with van der Waals surface area (Å²) < 4.78 is 6.03. The van der Waals surface area contributed by atoms with Gasteiger partial charge in [-0.25, -0.2) is 0 Å². The molecule has 1 aliphatic heterocycles. The van der Waals surface area contributed by atoms with E-state index < -0.39 is 0 Å². The van der Waals surface area contributed by atoms with Crippen molar-refractivity contribution in [3.05, 3.63) is 80.9 Å². The fourth-order valence-electron chi connectivity index (χ4n) is 4.56. The van der Waals surface area contributed by atoms with Crippen molar-refractivity contribution in [1.82, 2.24) is 20.1 Å². The van der Waals surface area contributed by atoms with Gasteiger partial charge in [0.15, 0.2) is 5.69 Å². The van der Waals surface area contributed by atoms with E-state index in [2.05, 4.69) is 22.3 Å². The Kier molecular flexibility index (Phi) is 5.50. The van der Waals surface area contributed by atoms with E-state index in [4.69, 9.17) is 21.3 Å². The number of hydrogen-bond acceptors (Lipinski definition) is 4. The van der Waals surface area contributed by atoms with Crippen LogP contribution in [0.1, 0.15) is 56.8 Å². The number of fused-ring (bicyclic) bond motifs is 1. The van der Waals surface area contributed by atoms with E-state index in [1.807, 2.05) is 36.1 Å². The minimum atomic E-state index is -0.255. The van der Waals surface area contributed by atoms with Gasteiger partial charge < -0.3 is 9.64 Å². The Labute approximate surface area is 186 Å². The lowest BCUT2D eigenvalue weighted by Gasteiger charge is -2.32. The number of H-pyrrole nitrogens is 1. The maximum atomic E-state index is 13.2. The third-order valence-electron chi connectivity index (χ3n) is 6.08. The van der Waals surface area contributed by atoms with Gasteiger partial charge in [-0.3, -0.25) is 14.9 Å². The minimum absolute atomic E-state index is 0.0170. The molecule has 1 fully saturated rings. The predicted octanol–water partition coefficient (Wildman–Crippen LogP) is 4.06. The Morgan fingerprint density at radius 3 is 3.03 bits per heavy atom. The van der Waals surface area contributed by atoms with Crippen molar-refractivity contribution >= 4 is 17.5 Å². The quantitative estimate of drug-likeness (QED) is 0.669. The molecule has 1 saturated heterocycles. The molecule has 1 N–H and O–H groups in total. The standard InChI is InChI=1S/C24H25ClN4O2/c1-15-11-16(12-17-5-2-3-7-19(17)25)13-21(26-15)22-14-29(9-10-31-22)24(30)23-18-6-4-8-20(18)27-28-23/h2-3,5,7,11,13,22H,4,6,8-10,12,14H2,1H3,(H,27,28)/t22-/m0/s1. The lowest BCUT2D eigenvalue weighted by Crippen LogP contribution is -2.43. The summed E-state index contributed by atoms with van der Waals surface area (Å²) in [6, 6.07) is 12.0.